The Hall–Kier alpha value is -0.512. The minimum absolute atomic E-state index is 0.384. The molecule has 0 unspecified atom stereocenters. The van der Waals surface area contributed by atoms with Gasteiger partial charge in [-0.2, -0.15) is 0 Å². The van der Waals surface area contributed by atoms with Crippen LogP contribution in [0.5, 0.6) is 0 Å². The van der Waals surface area contributed by atoms with Crippen LogP contribution >= 0.6 is 0 Å². The van der Waals surface area contributed by atoms with Gasteiger partial charge in [-0.05, 0) is 0 Å². The zero-order valence-corrected chi connectivity index (χ0v) is 7.06. The number of carboxylic acids is 1. The molecule has 0 radical (unpaired) electrons. The van der Waals surface area contributed by atoms with E-state index in [4.69, 9.17) is 13.3 Å². The molecule has 0 atom stereocenters. The van der Waals surface area contributed by atoms with Crippen LogP contribution in [0.1, 0.15) is 6.92 Å². The molecule has 0 fully saturated rings. The number of aliphatic carboxylic acids is 1. The monoisotopic (exact) mass is 210 g/mol. The summed E-state index contributed by atoms with van der Waals surface area (Å²) in [6, 6.07) is 0. The third-order valence-corrected chi connectivity index (χ3v) is 2.99. The summed E-state index contributed by atoms with van der Waals surface area (Å²) in [7, 11) is 0. The van der Waals surface area contributed by atoms with E-state index in [2.05, 4.69) is 0 Å². The quantitative estimate of drug-likeness (QED) is 0.397. The third-order valence-electron chi connectivity index (χ3n) is 0.792. The number of rotatable bonds is 2. The van der Waals surface area contributed by atoms with Gasteiger partial charge in [-0.1, -0.05) is 0 Å². The van der Waals surface area contributed by atoms with Crippen molar-refractivity contribution >= 4 is 20.1 Å². The normalized spacial score (nSPS) is 13.3. The summed E-state index contributed by atoms with van der Waals surface area (Å²) in [4.78, 5) is 9.85. The van der Waals surface area contributed by atoms with Crippen molar-refractivity contribution in [3.8, 4) is 0 Å². The van der Waals surface area contributed by atoms with Gasteiger partial charge in [0.2, 0.25) is 0 Å². The van der Waals surface area contributed by atoms with Crippen molar-refractivity contribution in [3.05, 3.63) is 10.4 Å². The van der Waals surface area contributed by atoms with Crippen molar-refractivity contribution in [3.63, 3.8) is 0 Å². The Labute approximate surface area is 60.0 Å². The van der Waals surface area contributed by atoms with Crippen LogP contribution < -0.4 is 0 Å². The predicted molar refractivity (Wildman–Crippen MR) is 32.3 cm³/mol. The molecule has 0 aromatic carbocycles. The summed E-state index contributed by atoms with van der Waals surface area (Å²) in [5.74, 6) is -1.35. The molecule has 0 spiro atoms. The van der Waals surface area contributed by atoms with Crippen LogP contribution in [-0.2, 0) is 8.53 Å². The molecule has 0 amide bonds. The molecule has 6 heteroatoms. The average molecular weight is 210 g/mol. The molecular weight excluding hydrogens is 203 g/mol. The van der Waals surface area contributed by atoms with Crippen LogP contribution in [0.2, 0.25) is 0 Å². The molecule has 0 bridgehead atoms. The van der Waals surface area contributed by atoms with Crippen molar-refractivity contribution in [1.29, 1.82) is 0 Å². The molecule has 0 aliphatic rings. The van der Waals surface area contributed by atoms with Gasteiger partial charge >= 0.3 is 59.3 Å². The van der Waals surface area contributed by atoms with Gasteiger partial charge in [-0.25, -0.2) is 0 Å². The van der Waals surface area contributed by atoms with Crippen molar-refractivity contribution < 1.29 is 21.8 Å². The zero-order chi connectivity index (χ0) is 8.36. The number of allylic oxidation sites excluding steroid dienone is 1. The maximum absolute atomic E-state index is 10.3. The maximum atomic E-state index is 10.3. The van der Waals surface area contributed by atoms with Crippen LogP contribution in [0.3, 0.4) is 0 Å². The van der Waals surface area contributed by atoms with E-state index in [-0.39, 0.29) is 4.36 Å². The molecule has 0 aromatic heterocycles. The third kappa shape index (κ3) is 3.50. The fraction of sp³-hybridized carbons (Fsp3) is 0.250. The van der Waals surface area contributed by atoms with Crippen molar-refractivity contribution in [2.45, 2.75) is 6.92 Å². The Morgan fingerprint density at radius 1 is 1.50 bits per heavy atom. The van der Waals surface area contributed by atoms with Crippen molar-refractivity contribution in [1.82, 2.24) is 0 Å². The van der Waals surface area contributed by atoms with Gasteiger partial charge in [0, 0.05) is 0 Å². The fourth-order valence-electron chi connectivity index (χ4n) is 0.263. The van der Waals surface area contributed by atoms with E-state index in [1.54, 1.807) is 0 Å². The molecule has 58 valence electrons. The van der Waals surface area contributed by atoms with Gasteiger partial charge in [0.05, 0.1) is 0 Å². The summed E-state index contributed by atoms with van der Waals surface area (Å²) in [6.45, 7) is 1.09. The van der Waals surface area contributed by atoms with Crippen molar-refractivity contribution in [2.24, 2.45) is 0 Å². The van der Waals surface area contributed by atoms with Gasteiger partial charge in [0.15, 0.2) is 0 Å². The summed E-state index contributed by atoms with van der Waals surface area (Å²) >= 11 is -4.91. The van der Waals surface area contributed by atoms with Crippen LogP contribution in [-0.4, -0.2) is 33.4 Å². The first-order valence-electron chi connectivity index (χ1n) is 2.31. The van der Waals surface area contributed by atoms with Crippen molar-refractivity contribution in [2.75, 3.05) is 0 Å². The van der Waals surface area contributed by atoms with E-state index < -0.39 is 20.1 Å². The van der Waals surface area contributed by atoms with Crippen LogP contribution in [0.25, 0.3) is 0 Å². The first-order chi connectivity index (χ1) is 4.34. The molecule has 5 nitrogen and oxygen atoms in total. The van der Waals surface area contributed by atoms with Gasteiger partial charge < -0.3 is 0 Å². The van der Waals surface area contributed by atoms with E-state index in [1.165, 1.54) is 0 Å². The molecule has 0 rings (SSSR count). The SMILES string of the molecule is C/C(=C/C(=O)O)[As](=O)(O)O. The van der Waals surface area contributed by atoms with Gasteiger partial charge in [-0.15, -0.1) is 0 Å². The summed E-state index contributed by atoms with van der Waals surface area (Å²) in [6.07, 6.45) is 0.514. The molecular formula is C4H7AsO5. The second kappa shape index (κ2) is 3.05. The number of hydrogen-bond donors (Lipinski definition) is 3. The fourth-order valence-corrected chi connectivity index (χ4v) is 0.847. The second-order valence-corrected chi connectivity index (χ2v) is 5.43. The summed E-state index contributed by atoms with van der Waals surface area (Å²) in [5, 5.41) is 8.04. The number of hydrogen-bond acceptors (Lipinski definition) is 2. The van der Waals surface area contributed by atoms with E-state index in [0.717, 1.165) is 6.92 Å². The predicted octanol–water partition coefficient (Wildman–Crippen LogP) is -1.09. The van der Waals surface area contributed by atoms with E-state index in [0.29, 0.717) is 6.08 Å². The Balaban J connectivity index is 4.52. The van der Waals surface area contributed by atoms with Gasteiger partial charge in [-0.3, -0.25) is 0 Å². The first-order valence-corrected chi connectivity index (χ1v) is 5.69. The molecule has 0 saturated carbocycles. The first kappa shape index (κ1) is 9.49. The summed E-state index contributed by atoms with van der Waals surface area (Å²) in [5.41, 5.74) is 0. The minimum atomic E-state index is -4.91. The van der Waals surface area contributed by atoms with Crippen LogP contribution in [0.4, 0.5) is 0 Å². The second-order valence-electron chi connectivity index (χ2n) is 1.67. The summed E-state index contributed by atoms with van der Waals surface area (Å²) < 4.78 is 26.7. The molecule has 0 heterocycles. The molecule has 10 heavy (non-hydrogen) atoms. The topological polar surface area (TPSA) is 94.8 Å². The van der Waals surface area contributed by atoms with E-state index >= 15 is 0 Å². The van der Waals surface area contributed by atoms with Gasteiger partial charge in [0.1, 0.15) is 0 Å². The Kier molecular flexibility index (Phi) is 2.90. The Morgan fingerprint density at radius 3 is 2.00 bits per heavy atom. The zero-order valence-electron chi connectivity index (χ0n) is 5.18. The van der Waals surface area contributed by atoms with Gasteiger partial charge in [0.25, 0.3) is 0 Å². The molecule has 0 aromatic rings. The molecule has 0 saturated heterocycles. The Morgan fingerprint density at radius 2 is 1.90 bits per heavy atom. The number of carbonyl (C=O) groups is 1. The average Bonchev–Trinajstić information content (AvgIpc) is 1.60. The Bertz CT molecular complexity index is 212. The van der Waals surface area contributed by atoms with Crippen LogP contribution in [0, 0.1) is 0 Å². The number of carboxylic acid groups (broad SMARTS) is 1. The molecule has 0 aliphatic carbocycles. The van der Waals surface area contributed by atoms with E-state index in [9.17, 15) is 8.53 Å². The van der Waals surface area contributed by atoms with Crippen LogP contribution in [0.15, 0.2) is 10.4 Å². The standard InChI is InChI=1S/C4H7AsO5/c1-3(2-4(6)7)5(8,9)10/h2H,1H3,(H,6,7)(H2,8,9,10)/b3-2-. The van der Waals surface area contributed by atoms with E-state index in [1.807, 2.05) is 0 Å². The molecule has 3 N–H and O–H groups in total. The molecule has 0 aliphatic heterocycles.